The van der Waals surface area contributed by atoms with E-state index in [1.165, 1.54) is 11.1 Å². The minimum atomic E-state index is -0.852. The molecule has 3 N–H and O–H groups in total. The van der Waals surface area contributed by atoms with Crippen LogP contribution in [0, 0.1) is 5.92 Å². The number of carboxylic acid groups (broad SMARTS) is 1. The summed E-state index contributed by atoms with van der Waals surface area (Å²) in [5.74, 6) is -1.59. The first-order chi connectivity index (χ1) is 17.0. The standard InChI is InChI=1S/C28H32N2O5/c1-2-8-19(16-26(31)29-20-10-7-9-18(15-20)27(32)33)30-28(34)35-17-25-23-13-5-3-11-21(23)22-12-4-6-14-24(22)25/h3-7,10-14,18-20,25H,2,8-9,15-17H2,1H3,(H,29,31)(H,30,34)(H,32,33)/t18-,19+,20-/m0/s1. The minimum absolute atomic E-state index is 0.0265. The van der Waals surface area contributed by atoms with Crippen molar-refractivity contribution in [3.05, 3.63) is 71.8 Å². The van der Waals surface area contributed by atoms with E-state index in [1.807, 2.05) is 37.3 Å². The van der Waals surface area contributed by atoms with Crippen LogP contribution >= 0.6 is 0 Å². The lowest BCUT2D eigenvalue weighted by Gasteiger charge is -2.24. The molecule has 0 aliphatic heterocycles. The Bertz CT molecular complexity index is 1070. The number of carbonyl (C=O) groups is 3. The highest BCUT2D eigenvalue weighted by molar-refractivity contribution is 5.80. The molecule has 0 spiro atoms. The van der Waals surface area contributed by atoms with Crippen LogP contribution < -0.4 is 10.6 Å². The molecular formula is C28H32N2O5. The molecule has 2 amide bonds. The van der Waals surface area contributed by atoms with Gasteiger partial charge in [-0.1, -0.05) is 74.0 Å². The Morgan fingerprint density at radius 3 is 2.34 bits per heavy atom. The fourth-order valence-electron chi connectivity index (χ4n) is 5.07. The average molecular weight is 477 g/mol. The third-order valence-electron chi connectivity index (χ3n) is 6.76. The number of amides is 2. The van der Waals surface area contributed by atoms with E-state index in [2.05, 4.69) is 34.9 Å². The van der Waals surface area contributed by atoms with E-state index in [0.29, 0.717) is 19.3 Å². The first kappa shape index (κ1) is 24.5. The second kappa shape index (κ2) is 11.2. The van der Waals surface area contributed by atoms with Crippen LogP contribution in [0.2, 0.25) is 0 Å². The molecule has 0 unspecified atom stereocenters. The molecule has 184 valence electrons. The summed E-state index contributed by atoms with van der Waals surface area (Å²) in [5.41, 5.74) is 4.62. The van der Waals surface area contributed by atoms with Gasteiger partial charge in [0.1, 0.15) is 6.61 Å². The number of rotatable bonds is 9. The molecule has 2 aromatic carbocycles. The molecule has 2 aromatic rings. The van der Waals surface area contributed by atoms with Gasteiger partial charge < -0.3 is 20.5 Å². The summed E-state index contributed by atoms with van der Waals surface area (Å²) >= 11 is 0. The molecule has 0 fully saturated rings. The maximum atomic E-state index is 12.7. The molecule has 0 radical (unpaired) electrons. The molecule has 35 heavy (non-hydrogen) atoms. The van der Waals surface area contributed by atoms with Crippen molar-refractivity contribution in [1.82, 2.24) is 10.6 Å². The van der Waals surface area contributed by atoms with Gasteiger partial charge in [-0.2, -0.15) is 0 Å². The zero-order chi connectivity index (χ0) is 24.8. The van der Waals surface area contributed by atoms with Gasteiger partial charge in [-0.05, 0) is 41.5 Å². The van der Waals surface area contributed by atoms with E-state index < -0.39 is 18.0 Å². The van der Waals surface area contributed by atoms with Gasteiger partial charge in [-0.15, -0.1) is 0 Å². The highest BCUT2D eigenvalue weighted by Gasteiger charge is 2.30. The number of alkyl carbamates (subject to hydrolysis) is 1. The number of allylic oxidation sites excluding steroid dienone is 1. The second-order valence-electron chi connectivity index (χ2n) is 9.27. The normalized spacial score (nSPS) is 19.3. The van der Waals surface area contributed by atoms with E-state index in [9.17, 15) is 19.5 Å². The summed E-state index contributed by atoms with van der Waals surface area (Å²) in [7, 11) is 0. The van der Waals surface area contributed by atoms with E-state index in [1.54, 1.807) is 6.08 Å². The topological polar surface area (TPSA) is 105 Å². The van der Waals surface area contributed by atoms with Gasteiger partial charge >= 0.3 is 12.1 Å². The van der Waals surface area contributed by atoms with Gasteiger partial charge in [0, 0.05) is 24.4 Å². The number of carboxylic acids is 1. The van der Waals surface area contributed by atoms with Gasteiger partial charge in [-0.3, -0.25) is 9.59 Å². The van der Waals surface area contributed by atoms with Gasteiger partial charge in [-0.25, -0.2) is 4.79 Å². The number of aliphatic carboxylic acids is 1. The van der Waals surface area contributed by atoms with Crippen LogP contribution in [0.15, 0.2) is 60.7 Å². The SMILES string of the molecule is CCC[C@H](CC(=O)N[C@H]1C=CC[C@H](C(=O)O)C1)NC(=O)OCC1c2ccccc2-c2ccccc21. The van der Waals surface area contributed by atoms with Crippen molar-refractivity contribution in [1.29, 1.82) is 0 Å². The Morgan fingerprint density at radius 1 is 1.06 bits per heavy atom. The largest absolute Gasteiger partial charge is 0.481 e. The third-order valence-corrected chi connectivity index (χ3v) is 6.76. The summed E-state index contributed by atoms with van der Waals surface area (Å²) in [6.45, 7) is 2.21. The molecule has 0 bridgehead atoms. The second-order valence-corrected chi connectivity index (χ2v) is 9.27. The van der Waals surface area contributed by atoms with E-state index >= 15 is 0 Å². The van der Waals surface area contributed by atoms with Crippen LogP contribution in [0.4, 0.5) is 4.79 Å². The number of ether oxygens (including phenoxy) is 1. The molecule has 2 aliphatic rings. The van der Waals surface area contributed by atoms with E-state index in [-0.39, 0.29) is 36.9 Å². The first-order valence-electron chi connectivity index (χ1n) is 12.3. The molecule has 0 aromatic heterocycles. The van der Waals surface area contributed by atoms with Gasteiger partial charge in [0.25, 0.3) is 0 Å². The summed E-state index contributed by atoms with van der Waals surface area (Å²) in [4.78, 5) is 36.5. The molecule has 0 saturated heterocycles. The van der Waals surface area contributed by atoms with Crippen molar-refractivity contribution in [2.45, 2.75) is 57.0 Å². The van der Waals surface area contributed by atoms with Crippen LogP contribution in [0.1, 0.15) is 56.1 Å². The lowest BCUT2D eigenvalue weighted by Crippen LogP contribution is -2.43. The molecule has 2 aliphatic carbocycles. The lowest BCUT2D eigenvalue weighted by molar-refractivity contribution is -0.142. The first-order valence-corrected chi connectivity index (χ1v) is 12.3. The Hall–Kier alpha value is -3.61. The number of fused-ring (bicyclic) bond motifs is 3. The Morgan fingerprint density at radius 2 is 1.71 bits per heavy atom. The van der Waals surface area contributed by atoms with Gasteiger partial charge in [0.05, 0.1) is 5.92 Å². The molecular weight excluding hydrogens is 444 g/mol. The summed E-state index contributed by atoms with van der Waals surface area (Å²) in [6, 6.07) is 15.7. The van der Waals surface area contributed by atoms with Crippen molar-refractivity contribution in [2.24, 2.45) is 5.92 Å². The zero-order valence-electron chi connectivity index (χ0n) is 19.9. The third kappa shape index (κ3) is 5.91. The molecule has 7 heteroatoms. The Kier molecular flexibility index (Phi) is 7.85. The average Bonchev–Trinajstić information content (AvgIpc) is 3.16. The van der Waals surface area contributed by atoms with Crippen LogP contribution in [0.5, 0.6) is 0 Å². The predicted molar refractivity (Wildman–Crippen MR) is 133 cm³/mol. The van der Waals surface area contributed by atoms with Crippen LogP contribution in [0.25, 0.3) is 11.1 Å². The van der Waals surface area contributed by atoms with Crippen LogP contribution in [-0.4, -0.2) is 41.8 Å². The van der Waals surface area contributed by atoms with Crippen molar-refractivity contribution >= 4 is 18.0 Å². The number of hydrogen-bond donors (Lipinski definition) is 3. The fourth-order valence-corrected chi connectivity index (χ4v) is 5.07. The smallest absolute Gasteiger partial charge is 0.407 e. The summed E-state index contributed by atoms with van der Waals surface area (Å²) < 4.78 is 5.63. The monoisotopic (exact) mass is 476 g/mol. The lowest BCUT2D eigenvalue weighted by atomic mass is 9.91. The maximum Gasteiger partial charge on any atom is 0.407 e. The van der Waals surface area contributed by atoms with Crippen molar-refractivity contribution in [3.63, 3.8) is 0 Å². The minimum Gasteiger partial charge on any atom is -0.481 e. The van der Waals surface area contributed by atoms with Crippen molar-refractivity contribution in [2.75, 3.05) is 6.61 Å². The number of nitrogens with one attached hydrogen (secondary N) is 2. The van der Waals surface area contributed by atoms with Crippen molar-refractivity contribution in [3.8, 4) is 11.1 Å². The summed E-state index contributed by atoms with van der Waals surface area (Å²) in [5, 5.41) is 15.0. The highest BCUT2D eigenvalue weighted by atomic mass is 16.5. The maximum absolute atomic E-state index is 12.7. The zero-order valence-corrected chi connectivity index (χ0v) is 19.9. The number of carbonyl (C=O) groups excluding carboxylic acids is 2. The van der Waals surface area contributed by atoms with Crippen LogP contribution in [0.3, 0.4) is 0 Å². The molecule has 3 atom stereocenters. The quantitative estimate of drug-likeness (QED) is 0.458. The fraction of sp³-hybridized carbons (Fsp3) is 0.393. The highest BCUT2D eigenvalue weighted by Crippen LogP contribution is 2.44. The van der Waals surface area contributed by atoms with Crippen LogP contribution in [-0.2, 0) is 14.3 Å². The number of hydrogen-bond acceptors (Lipinski definition) is 4. The Labute approximate surface area is 205 Å². The number of benzene rings is 2. The van der Waals surface area contributed by atoms with Gasteiger partial charge in [0.2, 0.25) is 5.91 Å². The molecule has 4 rings (SSSR count). The summed E-state index contributed by atoms with van der Waals surface area (Å²) in [6.07, 6.45) is 5.49. The van der Waals surface area contributed by atoms with Crippen molar-refractivity contribution < 1.29 is 24.2 Å². The van der Waals surface area contributed by atoms with E-state index in [0.717, 1.165) is 17.5 Å². The Balaban J connectivity index is 1.31. The molecule has 7 nitrogen and oxygen atoms in total. The predicted octanol–water partition coefficient (Wildman–Crippen LogP) is 4.62. The molecule has 0 heterocycles. The molecule has 0 saturated carbocycles. The van der Waals surface area contributed by atoms with E-state index in [4.69, 9.17) is 4.74 Å². The van der Waals surface area contributed by atoms with Gasteiger partial charge in [0.15, 0.2) is 0 Å².